The van der Waals surface area contributed by atoms with Crippen LogP contribution in [0.25, 0.3) is 0 Å². The number of rotatable bonds is 2. The van der Waals surface area contributed by atoms with Crippen molar-refractivity contribution in [3.63, 3.8) is 0 Å². The predicted octanol–water partition coefficient (Wildman–Crippen LogP) is -2.07. The van der Waals surface area contributed by atoms with E-state index < -0.39 is 21.9 Å². The SMILES string of the molecule is COC1(N)CN(S(=O)(=O)O)C1=O. The fourth-order valence-electron chi connectivity index (χ4n) is 0.811. The van der Waals surface area contributed by atoms with Gasteiger partial charge in [-0.25, -0.2) is 4.31 Å². The maximum absolute atomic E-state index is 10.9. The predicted molar refractivity (Wildman–Crippen MR) is 37.2 cm³/mol. The van der Waals surface area contributed by atoms with Gasteiger partial charge in [0, 0.05) is 7.11 Å². The molecule has 1 amide bonds. The van der Waals surface area contributed by atoms with Gasteiger partial charge in [0.25, 0.3) is 5.91 Å². The molecule has 1 rings (SSSR count). The van der Waals surface area contributed by atoms with E-state index in [2.05, 4.69) is 4.74 Å². The van der Waals surface area contributed by atoms with Crippen LogP contribution in [0.3, 0.4) is 0 Å². The molecule has 1 fully saturated rings. The van der Waals surface area contributed by atoms with Crippen molar-refractivity contribution in [2.45, 2.75) is 5.72 Å². The van der Waals surface area contributed by atoms with Gasteiger partial charge in [-0.05, 0) is 0 Å². The average Bonchev–Trinajstić information content (AvgIpc) is 1.96. The Bertz CT molecular complexity index is 311. The van der Waals surface area contributed by atoms with Crippen molar-refractivity contribution in [3.05, 3.63) is 0 Å². The summed E-state index contributed by atoms with van der Waals surface area (Å²) in [4.78, 5) is 10.9. The fraction of sp³-hybridized carbons (Fsp3) is 0.750. The fourth-order valence-corrected chi connectivity index (χ4v) is 1.53. The Morgan fingerprint density at radius 1 is 1.75 bits per heavy atom. The van der Waals surface area contributed by atoms with Crippen molar-refractivity contribution in [2.24, 2.45) is 5.73 Å². The van der Waals surface area contributed by atoms with E-state index in [0.29, 0.717) is 0 Å². The molecule has 0 aromatic rings. The van der Waals surface area contributed by atoms with Crippen LogP contribution in [0, 0.1) is 0 Å². The van der Waals surface area contributed by atoms with E-state index in [0.717, 1.165) is 0 Å². The van der Waals surface area contributed by atoms with Crippen LogP contribution in [0.15, 0.2) is 0 Å². The molecule has 12 heavy (non-hydrogen) atoms. The van der Waals surface area contributed by atoms with Gasteiger partial charge in [-0.1, -0.05) is 0 Å². The van der Waals surface area contributed by atoms with Crippen LogP contribution in [0.1, 0.15) is 0 Å². The van der Waals surface area contributed by atoms with Gasteiger partial charge in [0.05, 0.1) is 6.54 Å². The molecule has 1 atom stereocenters. The number of β-lactam (4-membered cyclic amide) rings is 1. The molecular weight excluding hydrogens is 188 g/mol. The Morgan fingerprint density at radius 2 is 2.25 bits per heavy atom. The first kappa shape index (κ1) is 9.39. The van der Waals surface area contributed by atoms with Crippen LogP contribution in [-0.4, -0.2) is 42.6 Å². The van der Waals surface area contributed by atoms with Crippen molar-refractivity contribution in [2.75, 3.05) is 13.7 Å². The number of nitrogens with zero attached hydrogens (tertiary/aromatic N) is 1. The first-order chi connectivity index (χ1) is 5.31. The smallest absolute Gasteiger partial charge is 0.353 e. The maximum atomic E-state index is 10.9. The van der Waals surface area contributed by atoms with Gasteiger partial charge in [-0.3, -0.25) is 15.1 Å². The van der Waals surface area contributed by atoms with Crippen molar-refractivity contribution in [1.82, 2.24) is 4.31 Å². The minimum absolute atomic E-state index is 0.233. The van der Waals surface area contributed by atoms with Gasteiger partial charge in [0.1, 0.15) is 0 Å². The van der Waals surface area contributed by atoms with E-state index >= 15 is 0 Å². The molecule has 0 aromatic heterocycles. The van der Waals surface area contributed by atoms with Crippen LogP contribution in [-0.2, 0) is 19.8 Å². The lowest BCUT2D eigenvalue weighted by atomic mass is 10.1. The molecule has 1 unspecified atom stereocenters. The number of ether oxygens (including phenoxy) is 1. The van der Waals surface area contributed by atoms with Crippen LogP contribution in [0.5, 0.6) is 0 Å². The number of carbonyl (C=O) groups excluding carboxylic acids is 1. The highest BCUT2D eigenvalue weighted by Crippen LogP contribution is 2.22. The van der Waals surface area contributed by atoms with Gasteiger partial charge >= 0.3 is 10.3 Å². The third-order valence-corrected chi connectivity index (χ3v) is 2.46. The van der Waals surface area contributed by atoms with Gasteiger partial charge in [0.2, 0.25) is 5.72 Å². The summed E-state index contributed by atoms with van der Waals surface area (Å²) >= 11 is 0. The van der Waals surface area contributed by atoms with E-state index in [4.69, 9.17) is 10.3 Å². The third-order valence-electron chi connectivity index (χ3n) is 1.61. The minimum atomic E-state index is -4.47. The van der Waals surface area contributed by atoms with E-state index in [1.54, 1.807) is 0 Å². The Morgan fingerprint density at radius 3 is 2.50 bits per heavy atom. The second-order valence-electron chi connectivity index (χ2n) is 2.38. The molecule has 1 saturated heterocycles. The highest BCUT2D eigenvalue weighted by molar-refractivity contribution is 7.84. The van der Waals surface area contributed by atoms with E-state index in [9.17, 15) is 13.2 Å². The molecule has 70 valence electrons. The summed E-state index contributed by atoms with van der Waals surface area (Å²) in [5.74, 6) is -0.965. The van der Waals surface area contributed by atoms with Crippen LogP contribution < -0.4 is 5.73 Å². The molecule has 0 saturated carbocycles. The van der Waals surface area contributed by atoms with Crippen molar-refractivity contribution in [1.29, 1.82) is 0 Å². The Balaban J connectivity index is 2.81. The number of nitrogens with two attached hydrogens (primary N) is 1. The highest BCUT2D eigenvalue weighted by atomic mass is 32.2. The van der Waals surface area contributed by atoms with Gasteiger partial charge in [-0.2, -0.15) is 8.42 Å². The Kier molecular flexibility index (Phi) is 1.87. The number of hydrogen-bond donors (Lipinski definition) is 2. The lowest BCUT2D eigenvalue weighted by Gasteiger charge is -2.41. The standard InChI is InChI=1S/C4H8N2O5S/c1-11-4(5)2-6(3(4)7)12(8,9)10/h2,5H2,1H3,(H,8,9,10). The summed E-state index contributed by atoms with van der Waals surface area (Å²) in [6, 6.07) is 0. The normalized spacial score (nSPS) is 30.2. The zero-order chi connectivity index (χ0) is 9.57. The molecule has 0 bridgehead atoms. The summed E-state index contributed by atoms with van der Waals surface area (Å²) < 4.78 is 33.9. The molecule has 1 aliphatic rings. The molecule has 3 N–H and O–H groups in total. The molecule has 0 aromatic carbocycles. The molecule has 8 heteroatoms. The second kappa shape index (κ2) is 2.39. The van der Waals surface area contributed by atoms with Crippen LogP contribution >= 0.6 is 0 Å². The average molecular weight is 196 g/mol. The lowest BCUT2D eigenvalue weighted by molar-refractivity contribution is -0.169. The summed E-state index contributed by atoms with van der Waals surface area (Å²) in [6.07, 6.45) is 0. The number of carbonyl (C=O) groups is 1. The van der Waals surface area contributed by atoms with E-state index in [-0.39, 0.29) is 10.8 Å². The van der Waals surface area contributed by atoms with Gasteiger partial charge in [-0.15, -0.1) is 0 Å². The summed E-state index contributed by atoms with van der Waals surface area (Å²) in [6.45, 7) is -0.360. The third kappa shape index (κ3) is 1.18. The van der Waals surface area contributed by atoms with E-state index in [1.807, 2.05) is 0 Å². The Labute approximate surface area is 69.0 Å². The quantitative estimate of drug-likeness (QED) is 0.298. The van der Waals surface area contributed by atoms with Crippen molar-refractivity contribution >= 4 is 16.2 Å². The summed E-state index contributed by atoms with van der Waals surface area (Å²) in [5, 5.41) is 0. The molecule has 1 aliphatic heterocycles. The van der Waals surface area contributed by atoms with Crippen molar-refractivity contribution < 1.29 is 22.5 Å². The number of hydrogen-bond acceptors (Lipinski definition) is 5. The molecule has 0 radical (unpaired) electrons. The highest BCUT2D eigenvalue weighted by Gasteiger charge is 2.54. The monoisotopic (exact) mass is 196 g/mol. The molecule has 0 spiro atoms. The molecule has 0 aliphatic carbocycles. The van der Waals surface area contributed by atoms with Crippen LogP contribution in [0.4, 0.5) is 0 Å². The second-order valence-corrected chi connectivity index (χ2v) is 3.72. The Hall–Kier alpha value is -0.700. The molecule has 7 nitrogen and oxygen atoms in total. The lowest BCUT2D eigenvalue weighted by Crippen LogP contribution is -2.73. The van der Waals surface area contributed by atoms with Crippen LogP contribution in [0.2, 0.25) is 0 Å². The first-order valence-electron chi connectivity index (χ1n) is 2.95. The summed E-state index contributed by atoms with van der Waals surface area (Å²) in [5.41, 5.74) is 3.64. The maximum Gasteiger partial charge on any atom is 0.362 e. The zero-order valence-corrected chi connectivity index (χ0v) is 7.04. The van der Waals surface area contributed by atoms with Crippen molar-refractivity contribution in [3.8, 4) is 0 Å². The zero-order valence-electron chi connectivity index (χ0n) is 6.22. The van der Waals surface area contributed by atoms with E-state index in [1.165, 1.54) is 7.11 Å². The number of amides is 1. The first-order valence-corrected chi connectivity index (χ1v) is 4.34. The molecule has 1 heterocycles. The topological polar surface area (TPSA) is 110 Å². The van der Waals surface area contributed by atoms with Gasteiger partial charge < -0.3 is 4.74 Å². The number of methoxy groups -OCH3 is 1. The largest absolute Gasteiger partial charge is 0.362 e. The molecular formula is C4H8N2O5S. The summed E-state index contributed by atoms with van der Waals surface area (Å²) in [7, 11) is -3.29. The minimum Gasteiger partial charge on any atom is -0.353 e. The van der Waals surface area contributed by atoms with Gasteiger partial charge in [0.15, 0.2) is 0 Å².